The number of hydrogen-bond acceptors (Lipinski definition) is 8. The Morgan fingerprint density at radius 1 is 1.09 bits per heavy atom. The highest BCUT2D eigenvalue weighted by molar-refractivity contribution is 7.99. The number of hydrogen-bond donors (Lipinski definition) is 0. The number of aromatic nitrogens is 1. The summed E-state index contributed by atoms with van der Waals surface area (Å²) in [7, 11) is 0. The van der Waals surface area contributed by atoms with Crippen molar-refractivity contribution in [2.45, 2.75) is 44.9 Å². The fourth-order valence-electron chi connectivity index (χ4n) is 4.91. The van der Waals surface area contributed by atoms with Gasteiger partial charge in [-0.15, -0.1) is 11.8 Å². The summed E-state index contributed by atoms with van der Waals surface area (Å²) in [6.07, 6.45) is 0.286. The van der Waals surface area contributed by atoms with E-state index in [1.54, 1.807) is 28.0 Å². The van der Waals surface area contributed by atoms with Crippen molar-refractivity contribution in [1.82, 2.24) is 19.7 Å². The lowest BCUT2D eigenvalue weighted by molar-refractivity contribution is -0.134. The van der Waals surface area contributed by atoms with E-state index >= 15 is 0 Å². The predicted molar refractivity (Wildman–Crippen MR) is 138 cm³/mol. The Kier molecular flexibility index (Phi) is 6.65. The number of ether oxygens (including phenoxy) is 1. The number of rotatable bonds is 3. The third-order valence-electron chi connectivity index (χ3n) is 6.64. The van der Waals surface area contributed by atoms with Gasteiger partial charge in [0.25, 0.3) is 0 Å². The summed E-state index contributed by atoms with van der Waals surface area (Å²) >= 11 is 3.51. The third-order valence-corrected chi connectivity index (χ3v) is 8.70. The molecule has 2 amide bonds. The zero-order valence-corrected chi connectivity index (χ0v) is 21.7. The molecule has 3 aliphatic heterocycles. The van der Waals surface area contributed by atoms with E-state index in [9.17, 15) is 9.59 Å². The van der Waals surface area contributed by atoms with E-state index in [1.807, 2.05) is 31.7 Å². The number of benzene rings is 1. The minimum Gasteiger partial charge on any atom is -0.444 e. The van der Waals surface area contributed by atoms with E-state index in [4.69, 9.17) is 9.72 Å². The van der Waals surface area contributed by atoms with Crippen molar-refractivity contribution in [2.24, 2.45) is 0 Å². The Bertz CT molecular complexity index is 1010. The van der Waals surface area contributed by atoms with Crippen LogP contribution in [0.5, 0.6) is 0 Å². The molecule has 0 radical (unpaired) electrons. The first-order chi connectivity index (χ1) is 16.3. The lowest BCUT2D eigenvalue weighted by atomic mass is 10.1. The number of likely N-dealkylation sites (tertiary alicyclic amines) is 1. The summed E-state index contributed by atoms with van der Waals surface area (Å²) in [6, 6.07) is 7.98. The Balaban J connectivity index is 1.26. The lowest BCUT2D eigenvalue weighted by Gasteiger charge is -2.37. The second kappa shape index (κ2) is 9.54. The monoisotopic (exact) mass is 503 g/mol. The van der Waals surface area contributed by atoms with Crippen LogP contribution in [-0.2, 0) is 9.53 Å². The number of fused-ring (bicyclic) bond motifs is 1. The molecule has 3 fully saturated rings. The Morgan fingerprint density at radius 3 is 2.53 bits per heavy atom. The highest BCUT2D eigenvalue weighted by Crippen LogP contribution is 2.31. The first-order valence-corrected chi connectivity index (χ1v) is 14.0. The Hall–Kier alpha value is -2.04. The molecular weight excluding hydrogens is 470 g/mol. The number of carbonyl (C=O) groups excluding carboxylic acids is 2. The van der Waals surface area contributed by atoms with E-state index in [0.29, 0.717) is 18.8 Å². The molecule has 0 spiro atoms. The third kappa shape index (κ3) is 4.99. The molecule has 0 bridgehead atoms. The van der Waals surface area contributed by atoms with E-state index < -0.39 is 11.6 Å². The second-order valence-corrected chi connectivity index (χ2v) is 12.2. The van der Waals surface area contributed by atoms with Crippen LogP contribution in [0.2, 0.25) is 0 Å². The molecule has 3 saturated heterocycles. The van der Waals surface area contributed by atoms with Gasteiger partial charge in [-0.1, -0.05) is 23.5 Å². The molecule has 34 heavy (non-hydrogen) atoms. The van der Waals surface area contributed by atoms with Gasteiger partial charge in [0.1, 0.15) is 11.6 Å². The van der Waals surface area contributed by atoms with Crippen LogP contribution in [0.1, 0.15) is 27.2 Å². The van der Waals surface area contributed by atoms with E-state index in [0.717, 1.165) is 49.1 Å². The standard InChI is InChI=1S/C24H33N5O3S2/c1-24(2,3)32-23(31)29-15-17(14-19(29)21(30)28-12-13-33-16-28)26-8-10-27(11-9-26)22-25-18-6-4-5-7-20(18)34-22/h4-7,17,19H,8-16H2,1-3H3/t17-,19-/m0/s1. The topological polar surface area (TPSA) is 69.2 Å². The van der Waals surface area contributed by atoms with Crippen LogP contribution in [-0.4, -0.2) is 100 Å². The summed E-state index contributed by atoms with van der Waals surface area (Å²) in [5.41, 5.74) is 0.463. The van der Waals surface area contributed by atoms with E-state index in [1.165, 1.54) is 4.70 Å². The van der Waals surface area contributed by atoms with Crippen LogP contribution in [0.3, 0.4) is 0 Å². The number of anilines is 1. The molecule has 2 aromatic rings. The largest absolute Gasteiger partial charge is 0.444 e. The van der Waals surface area contributed by atoms with Gasteiger partial charge < -0.3 is 14.5 Å². The molecule has 1 aromatic heterocycles. The number of nitrogens with zero attached hydrogens (tertiary/aromatic N) is 5. The van der Waals surface area contributed by atoms with Crippen LogP contribution in [0, 0.1) is 0 Å². The van der Waals surface area contributed by atoms with Crippen molar-refractivity contribution in [3.05, 3.63) is 24.3 Å². The molecule has 3 aliphatic rings. The predicted octanol–water partition coefficient (Wildman–Crippen LogP) is 3.33. The van der Waals surface area contributed by atoms with Crippen molar-refractivity contribution < 1.29 is 14.3 Å². The van der Waals surface area contributed by atoms with Crippen LogP contribution < -0.4 is 4.90 Å². The number of piperazine rings is 1. The molecule has 4 heterocycles. The summed E-state index contributed by atoms with van der Waals surface area (Å²) in [6.45, 7) is 10.5. The molecule has 8 nitrogen and oxygen atoms in total. The molecule has 1 aromatic carbocycles. The zero-order chi connectivity index (χ0) is 23.9. The van der Waals surface area contributed by atoms with Crippen molar-refractivity contribution >= 4 is 50.4 Å². The van der Waals surface area contributed by atoms with E-state index in [-0.39, 0.29) is 18.0 Å². The maximum atomic E-state index is 13.3. The van der Waals surface area contributed by atoms with Crippen LogP contribution in [0.4, 0.5) is 9.93 Å². The molecule has 10 heteroatoms. The van der Waals surface area contributed by atoms with Crippen molar-refractivity contribution in [3.63, 3.8) is 0 Å². The maximum absolute atomic E-state index is 13.3. The lowest BCUT2D eigenvalue weighted by Crippen LogP contribution is -2.51. The van der Waals surface area contributed by atoms with Crippen LogP contribution >= 0.6 is 23.1 Å². The highest BCUT2D eigenvalue weighted by Gasteiger charge is 2.45. The minimum absolute atomic E-state index is 0.0615. The van der Waals surface area contributed by atoms with Gasteiger partial charge in [0.2, 0.25) is 5.91 Å². The van der Waals surface area contributed by atoms with Crippen molar-refractivity contribution in [3.8, 4) is 0 Å². The Morgan fingerprint density at radius 2 is 1.85 bits per heavy atom. The number of carbonyl (C=O) groups is 2. The molecular formula is C24H33N5O3S2. The number of amides is 2. The molecule has 0 saturated carbocycles. The van der Waals surface area contributed by atoms with Crippen molar-refractivity contribution in [2.75, 3.05) is 55.8 Å². The van der Waals surface area contributed by atoms with Gasteiger partial charge in [-0.05, 0) is 39.3 Å². The average molecular weight is 504 g/mol. The summed E-state index contributed by atoms with van der Waals surface area (Å²) in [4.78, 5) is 39.5. The molecule has 0 N–H and O–H groups in total. The van der Waals surface area contributed by atoms with E-state index in [2.05, 4.69) is 28.0 Å². The van der Waals surface area contributed by atoms with Crippen molar-refractivity contribution in [1.29, 1.82) is 0 Å². The van der Waals surface area contributed by atoms with Gasteiger partial charge in [0.15, 0.2) is 5.13 Å². The van der Waals surface area contributed by atoms with Gasteiger partial charge in [0.05, 0.1) is 16.1 Å². The number of thiazole rings is 1. The smallest absolute Gasteiger partial charge is 0.411 e. The average Bonchev–Trinajstić information content (AvgIpc) is 3.57. The first kappa shape index (κ1) is 23.7. The minimum atomic E-state index is -0.588. The Labute approximate surface area is 209 Å². The molecule has 0 aliphatic carbocycles. The van der Waals surface area contributed by atoms with Gasteiger partial charge in [-0.25, -0.2) is 9.78 Å². The van der Waals surface area contributed by atoms with Gasteiger partial charge in [-0.3, -0.25) is 14.6 Å². The zero-order valence-electron chi connectivity index (χ0n) is 20.1. The molecule has 5 rings (SSSR count). The number of thioether (sulfide) groups is 1. The molecule has 2 atom stereocenters. The highest BCUT2D eigenvalue weighted by atomic mass is 32.2. The number of para-hydroxylation sites is 1. The van der Waals surface area contributed by atoms with Gasteiger partial charge in [-0.2, -0.15) is 0 Å². The quantitative estimate of drug-likeness (QED) is 0.636. The van der Waals surface area contributed by atoms with Crippen LogP contribution in [0.25, 0.3) is 10.2 Å². The first-order valence-electron chi connectivity index (χ1n) is 12.0. The molecule has 184 valence electrons. The maximum Gasteiger partial charge on any atom is 0.411 e. The van der Waals surface area contributed by atoms with Crippen LogP contribution in [0.15, 0.2) is 24.3 Å². The fourth-order valence-corrected chi connectivity index (χ4v) is 6.88. The fraction of sp³-hybridized carbons (Fsp3) is 0.625. The van der Waals surface area contributed by atoms with Gasteiger partial charge >= 0.3 is 6.09 Å². The normalized spacial score (nSPS) is 24.3. The van der Waals surface area contributed by atoms with Gasteiger partial charge in [0, 0.05) is 51.1 Å². The summed E-state index contributed by atoms with van der Waals surface area (Å²) in [5, 5.41) is 1.07. The molecule has 0 unspecified atom stereocenters. The summed E-state index contributed by atoms with van der Waals surface area (Å²) < 4.78 is 6.89. The second-order valence-electron chi connectivity index (χ2n) is 10.2. The SMILES string of the molecule is CC(C)(C)OC(=O)N1C[C@@H](N2CCN(c3nc4ccccc4s3)CC2)C[C@H]1C(=O)N1CCSC1. The summed E-state index contributed by atoms with van der Waals surface area (Å²) in [5.74, 6) is 1.73.